The monoisotopic (exact) mass is 763 g/mol. The van der Waals surface area contributed by atoms with Gasteiger partial charge in [0.15, 0.2) is 0 Å². The van der Waals surface area contributed by atoms with E-state index in [0.717, 1.165) is 12.1 Å². The second-order valence-corrected chi connectivity index (χ2v) is 10.7. The fraction of sp³-hybridized carbons (Fsp3) is 0.611. The summed E-state index contributed by atoms with van der Waals surface area (Å²) in [4.78, 5) is 23.2. The molecular formula is C36H52F3NO13. The van der Waals surface area contributed by atoms with Crippen molar-refractivity contribution in [2.45, 2.75) is 13.1 Å². The molecule has 0 spiro atoms. The van der Waals surface area contributed by atoms with Crippen LogP contribution in [-0.4, -0.2) is 144 Å². The van der Waals surface area contributed by atoms with Crippen molar-refractivity contribution in [3.05, 3.63) is 59.7 Å². The van der Waals surface area contributed by atoms with Crippen LogP contribution in [0.5, 0.6) is 0 Å². The zero-order chi connectivity index (χ0) is 38.2. The van der Waals surface area contributed by atoms with Gasteiger partial charge in [0, 0.05) is 12.6 Å². The number of halogens is 3. The van der Waals surface area contributed by atoms with Crippen molar-refractivity contribution in [2.24, 2.45) is 0 Å². The van der Waals surface area contributed by atoms with Crippen molar-refractivity contribution in [1.82, 2.24) is 0 Å². The van der Waals surface area contributed by atoms with Crippen LogP contribution in [0.3, 0.4) is 0 Å². The highest BCUT2D eigenvalue weighted by atomic mass is 19.4. The Balaban J connectivity index is 1.30. The number of para-hydroxylation sites is 1. The number of hydrogen-bond donors (Lipinski definition) is 1. The van der Waals surface area contributed by atoms with Crippen LogP contribution in [0, 0.1) is 0 Å². The molecule has 0 bridgehead atoms. The summed E-state index contributed by atoms with van der Waals surface area (Å²) < 4.78 is 97.8. The SMILES string of the molecule is CC(=O)OCCOCCOCCOCCOCCOCCOCCOCCOCCOCCOC(=O)c1ccccc1Nc1cccc(C(F)(F)F)c1. The second kappa shape index (κ2) is 30.0. The van der Waals surface area contributed by atoms with Gasteiger partial charge >= 0.3 is 18.1 Å². The first kappa shape index (κ1) is 45.8. The molecule has 0 aliphatic rings. The molecule has 0 saturated heterocycles. The van der Waals surface area contributed by atoms with E-state index in [1.54, 1.807) is 18.2 Å². The molecule has 0 unspecified atom stereocenters. The minimum absolute atomic E-state index is 0.00645. The van der Waals surface area contributed by atoms with Crippen molar-refractivity contribution in [2.75, 3.05) is 137 Å². The number of benzene rings is 2. The maximum Gasteiger partial charge on any atom is 0.416 e. The molecule has 1 N–H and O–H groups in total. The third kappa shape index (κ3) is 24.5. The zero-order valence-electron chi connectivity index (χ0n) is 30.2. The second-order valence-electron chi connectivity index (χ2n) is 10.7. The molecule has 300 valence electrons. The lowest BCUT2D eigenvalue weighted by Gasteiger charge is -2.13. The summed E-state index contributed by atoms with van der Waals surface area (Å²) in [7, 11) is 0. The van der Waals surface area contributed by atoms with Crippen LogP contribution in [0.1, 0.15) is 22.8 Å². The fourth-order valence-corrected chi connectivity index (χ4v) is 4.08. The molecule has 0 aliphatic heterocycles. The first-order chi connectivity index (χ1) is 25.8. The minimum atomic E-state index is -4.48. The molecule has 17 heteroatoms. The Bertz CT molecular complexity index is 1240. The lowest BCUT2D eigenvalue weighted by molar-refractivity contribution is -0.142. The van der Waals surface area contributed by atoms with Crippen molar-refractivity contribution in [1.29, 1.82) is 0 Å². The topological polar surface area (TPSA) is 148 Å². The molecule has 0 atom stereocenters. The number of ether oxygens (including phenoxy) is 11. The molecule has 0 saturated carbocycles. The molecule has 2 aromatic carbocycles. The molecule has 2 aromatic rings. The number of rotatable bonds is 33. The number of esters is 2. The van der Waals surface area contributed by atoms with Gasteiger partial charge in [0.05, 0.1) is 136 Å². The van der Waals surface area contributed by atoms with Crippen LogP contribution < -0.4 is 5.32 Å². The molecule has 0 aliphatic carbocycles. The summed E-state index contributed by atoms with van der Waals surface area (Å²) in [6.07, 6.45) is -4.48. The molecule has 2 rings (SSSR count). The Labute approximate surface area is 308 Å². The smallest absolute Gasteiger partial charge is 0.416 e. The molecule has 14 nitrogen and oxygen atoms in total. The number of alkyl halides is 3. The van der Waals surface area contributed by atoms with Crippen molar-refractivity contribution < 1.29 is 74.9 Å². The highest BCUT2D eigenvalue weighted by molar-refractivity contribution is 5.96. The van der Waals surface area contributed by atoms with Crippen LogP contribution in [0.25, 0.3) is 0 Å². The van der Waals surface area contributed by atoms with E-state index in [2.05, 4.69) is 5.32 Å². The van der Waals surface area contributed by atoms with E-state index >= 15 is 0 Å². The third-order valence-electron chi connectivity index (χ3n) is 6.59. The lowest BCUT2D eigenvalue weighted by atomic mass is 10.1. The number of nitrogens with one attached hydrogen (secondary N) is 1. The van der Waals surface area contributed by atoms with Gasteiger partial charge in [0.25, 0.3) is 0 Å². The quantitative estimate of drug-likeness (QED) is 0.0813. The van der Waals surface area contributed by atoms with Crippen LogP contribution in [0.15, 0.2) is 48.5 Å². The van der Waals surface area contributed by atoms with Gasteiger partial charge in [-0.3, -0.25) is 4.79 Å². The molecule has 0 aromatic heterocycles. The average molecular weight is 764 g/mol. The Hall–Kier alpha value is -3.39. The number of carbonyl (C=O) groups is 2. The largest absolute Gasteiger partial charge is 0.463 e. The van der Waals surface area contributed by atoms with Gasteiger partial charge in [-0.15, -0.1) is 0 Å². The maximum absolute atomic E-state index is 13.0. The molecule has 0 radical (unpaired) electrons. The van der Waals surface area contributed by atoms with Gasteiger partial charge in [0.1, 0.15) is 13.2 Å². The Kier molecular flexibility index (Phi) is 25.9. The number of hydrogen-bond acceptors (Lipinski definition) is 14. The van der Waals surface area contributed by atoms with Gasteiger partial charge in [-0.25, -0.2) is 4.79 Å². The summed E-state index contributed by atoms with van der Waals surface area (Å²) in [5.41, 5.74) is -0.105. The van der Waals surface area contributed by atoms with Gasteiger partial charge in [-0.05, 0) is 30.3 Å². The molecule has 0 fully saturated rings. The van der Waals surface area contributed by atoms with Crippen LogP contribution in [0.4, 0.5) is 24.5 Å². The predicted octanol–water partition coefficient (Wildman–Crippen LogP) is 4.32. The van der Waals surface area contributed by atoms with E-state index in [1.165, 1.54) is 25.1 Å². The fourth-order valence-electron chi connectivity index (χ4n) is 4.08. The van der Waals surface area contributed by atoms with E-state index in [1.807, 2.05) is 0 Å². The highest BCUT2D eigenvalue weighted by Crippen LogP contribution is 2.32. The van der Waals surface area contributed by atoms with Gasteiger partial charge in [-0.1, -0.05) is 18.2 Å². The normalized spacial score (nSPS) is 11.5. The maximum atomic E-state index is 13.0. The molecular weight excluding hydrogens is 711 g/mol. The summed E-state index contributed by atoms with van der Waals surface area (Å²) in [5.74, 6) is -0.960. The predicted molar refractivity (Wildman–Crippen MR) is 185 cm³/mol. The van der Waals surface area contributed by atoms with E-state index in [4.69, 9.17) is 52.1 Å². The molecule has 0 amide bonds. The standard InChI is InChI=1S/C36H52F3NO13/c1-30(41)52-27-25-50-23-21-48-19-17-46-15-13-44-11-9-43-10-12-45-14-16-47-18-20-49-22-24-51-26-28-53-35(42)33-7-2-3-8-34(33)40-32-6-4-5-31(29-32)36(37,38)39/h2-8,29,40H,9-28H2,1H3. The van der Waals surface area contributed by atoms with Gasteiger partial charge < -0.3 is 57.4 Å². The summed E-state index contributed by atoms with van der Waals surface area (Å²) in [5, 5.41) is 2.85. The van der Waals surface area contributed by atoms with Gasteiger partial charge in [-0.2, -0.15) is 13.2 Å². The lowest BCUT2D eigenvalue weighted by Crippen LogP contribution is -2.16. The molecule has 53 heavy (non-hydrogen) atoms. The van der Waals surface area contributed by atoms with Gasteiger partial charge in [0.2, 0.25) is 0 Å². The average Bonchev–Trinajstić information content (AvgIpc) is 3.13. The minimum Gasteiger partial charge on any atom is -0.463 e. The third-order valence-corrected chi connectivity index (χ3v) is 6.59. The summed E-state index contributed by atoms with van der Waals surface area (Å²) >= 11 is 0. The Morgan fingerprint density at radius 3 is 1.28 bits per heavy atom. The highest BCUT2D eigenvalue weighted by Gasteiger charge is 2.30. The van der Waals surface area contributed by atoms with Crippen LogP contribution in [-0.2, 0) is 63.1 Å². The summed E-state index contributed by atoms with van der Waals surface area (Å²) in [6.45, 7) is 8.82. The zero-order valence-corrected chi connectivity index (χ0v) is 30.2. The Morgan fingerprint density at radius 1 is 0.509 bits per heavy atom. The molecule has 0 heterocycles. The Morgan fingerprint density at radius 2 is 0.887 bits per heavy atom. The van der Waals surface area contributed by atoms with E-state index in [9.17, 15) is 22.8 Å². The van der Waals surface area contributed by atoms with Crippen molar-refractivity contribution >= 4 is 23.3 Å². The number of carbonyl (C=O) groups excluding carboxylic acids is 2. The summed E-state index contributed by atoms with van der Waals surface area (Å²) in [6, 6.07) is 11.1. The van der Waals surface area contributed by atoms with Crippen LogP contribution in [0.2, 0.25) is 0 Å². The van der Waals surface area contributed by atoms with E-state index in [-0.39, 0.29) is 37.0 Å². The van der Waals surface area contributed by atoms with E-state index in [0.29, 0.717) is 118 Å². The first-order valence-corrected chi connectivity index (χ1v) is 17.3. The van der Waals surface area contributed by atoms with E-state index < -0.39 is 17.7 Å². The van der Waals surface area contributed by atoms with Crippen molar-refractivity contribution in [3.63, 3.8) is 0 Å². The number of anilines is 2. The van der Waals surface area contributed by atoms with Crippen LogP contribution >= 0.6 is 0 Å². The first-order valence-electron chi connectivity index (χ1n) is 17.3. The van der Waals surface area contributed by atoms with Crippen molar-refractivity contribution in [3.8, 4) is 0 Å².